The third-order valence-corrected chi connectivity index (χ3v) is 4.74. The van der Waals surface area contributed by atoms with E-state index in [0.717, 1.165) is 21.9 Å². The van der Waals surface area contributed by atoms with E-state index < -0.39 is 11.9 Å². The summed E-state index contributed by atoms with van der Waals surface area (Å²) in [6.07, 6.45) is 1.42. The molecular weight excluding hydrogens is 305 g/mol. The van der Waals surface area contributed by atoms with Crippen LogP contribution in [0.25, 0.3) is 10.6 Å². The van der Waals surface area contributed by atoms with Crippen molar-refractivity contribution in [1.82, 2.24) is 4.98 Å². The molecule has 98 valence electrons. The Morgan fingerprint density at radius 3 is 2.63 bits per heavy atom. The molecule has 19 heavy (non-hydrogen) atoms. The third kappa shape index (κ3) is 2.36. The topological polar surface area (TPSA) is 50.2 Å². The summed E-state index contributed by atoms with van der Waals surface area (Å²) in [5.74, 6) is -1.28. The minimum atomic E-state index is -0.806. The van der Waals surface area contributed by atoms with Crippen molar-refractivity contribution in [3.05, 3.63) is 38.8 Å². The normalized spacial score (nSPS) is 17.5. The molecule has 1 heterocycles. The monoisotopic (exact) mass is 313 g/mol. The van der Waals surface area contributed by atoms with Gasteiger partial charge in [0, 0.05) is 20.5 Å². The fourth-order valence-corrected chi connectivity index (χ4v) is 3.92. The molecule has 1 aromatic heterocycles. The first kappa shape index (κ1) is 12.9. The molecule has 0 saturated heterocycles. The first-order valence-corrected chi connectivity index (χ1v) is 7.30. The van der Waals surface area contributed by atoms with Crippen LogP contribution in [-0.2, 0) is 11.2 Å². The number of fused-ring (bicyclic) bond motifs is 1. The maximum absolute atomic E-state index is 11.1. The lowest BCUT2D eigenvalue weighted by Gasteiger charge is -2.02. The number of hydrogen-bond donors (Lipinski definition) is 1. The molecule has 1 aliphatic carbocycles. The number of carboxylic acids is 1. The summed E-state index contributed by atoms with van der Waals surface area (Å²) in [6, 6.07) is 5.24. The van der Waals surface area contributed by atoms with Crippen molar-refractivity contribution in [1.29, 1.82) is 0 Å². The van der Waals surface area contributed by atoms with Crippen LogP contribution >= 0.6 is 34.5 Å². The highest BCUT2D eigenvalue weighted by molar-refractivity contribution is 7.15. The largest absolute Gasteiger partial charge is 0.481 e. The summed E-state index contributed by atoms with van der Waals surface area (Å²) < 4.78 is 0. The highest BCUT2D eigenvalue weighted by atomic mass is 35.5. The fourth-order valence-electron chi connectivity index (χ4n) is 2.27. The minimum Gasteiger partial charge on any atom is -0.481 e. The van der Waals surface area contributed by atoms with Crippen molar-refractivity contribution in [2.75, 3.05) is 0 Å². The van der Waals surface area contributed by atoms with Crippen LogP contribution in [0.4, 0.5) is 0 Å². The second-order valence-electron chi connectivity index (χ2n) is 4.42. The van der Waals surface area contributed by atoms with Gasteiger partial charge < -0.3 is 5.11 Å². The molecule has 0 bridgehead atoms. The van der Waals surface area contributed by atoms with Crippen molar-refractivity contribution in [3.63, 3.8) is 0 Å². The summed E-state index contributed by atoms with van der Waals surface area (Å²) in [6.45, 7) is 0. The molecule has 0 fully saturated rings. The lowest BCUT2D eigenvalue weighted by atomic mass is 10.1. The lowest BCUT2D eigenvalue weighted by Crippen LogP contribution is -2.08. The van der Waals surface area contributed by atoms with Crippen molar-refractivity contribution in [3.8, 4) is 10.6 Å². The molecule has 3 rings (SSSR count). The van der Waals surface area contributed by atoms with Gasteiger partial charge in [0.25, 0.3) is 0 Å². The quantitative estimate of drug-likeness (QED) is 0.902. The number of aliphatic carboxylic acids is 1. The van der Waals surface area contributed by atoms with E-state index in [2.05, 4.69) is 4.98 Å². The van der Waals surface area contributed by atoms with Gasteiger partial charge in [-0.2, -0.15) is 0 Å². The number of thiazole rings is 1. The van der Waals surface area contributed by atoms with Gasteiger partial charge in [-0.25, -0.2) is 4.98 Å². The van der Waals surface area contributed by atoms with Crippen molar-refractivity contribution < 1.29 is 9.90 Å². The average Bonchev–Trinajstić information content (AvgIpc) is 2.85. The Kier molecular flexibility index (Phi) is 3.25. The molecule has 1 aromatic carbocycles. The molecule has 3 nitrogen and oxygen atoms in total. The molecule has 1 atom stereocenters. The molecule has 1 unspecified atom stereocenters. The SMILES string of the molecule is O=C(O)C1CCc2sc(-c3cc(Cl)cc(Cl)c3)nc21. The van der Waals surface area contributed by atoms with Gasteiger partial charge in [0.15, 0.2) is 0 Å². The van der Waals surface area contributed by atoms with Crippen molar-refractivity contribution in [2.24, 2.45) is 0 Å². The van der Waals surface area contributed by atoms with Gasteiger partial charge in [-0.3, -0.25) is 4.79 Å². The molecular formula is C13H9Cl2NO2S. The summed E-state index contributed by atoms with van der Waals surface area (Å²) in [5, 5.41) is 11.0. The Morgan fingerprint density at radius 2 is 2.00 bits per heavy atom. The molecule has 6 heteroatoms. The van der Waals surface area contributed by atoms with E-state index >= 15 is 0 Å². The highest BCUT2D eigenvalue weighted by Crippen LogP contribution is 2.40. The summed E-state index contributed by atoms with van der Waals surface area (Å²) in [5.41, 5.74) is 1.53. The number of carbonyl (C=O) groups is 1. The molecule has 1 aliphatic rings. The third-order valence-electron chi connectivity index (χ3n) is 3.13. The number of hydrogen-bond acceptors (Lipinski definition) is 3. The second kappa shape index (κ2) is 4.78. The molecule has 0 radical (unpaired) electrons. The standard InChI is InChI=1S/C13H9Cl2NO2S/c14-7-3-6(4-8(15)5-7)12-16-11-9(13(17)18)1-2-10(11)19-12/h3-5,9H,1-2H2,(H,17,18). The van der Waals surface area contributed by atoms with Gasteiger partial charge in [0.05, 0.1) is 5.69 Å². The second-order valence-corrected chi connectivity index (χ2v) is 6.37. The van der Waals surface area contributed by atoms with E-state index in [9.17, 15) is 4.79 Å². The van der Waals surface area contributed by atoms with Gasteiger partial charge in [0.2, 0.25) is 0 Å². The van der Waals surface area contributed by atoms with Crippen molar-refractivity contribution >= 4 is 40.5 Å². The highest BCUT2D eigenvalue weighted by Gasteiger charge is 2.32. The van der Waals surface area contributed by atoms with Gasteiger partial charge in [-0.1, -0.05) is 23.2 Å². The fraction of sp³-hybridized carbons (Fsp3) is 0.231. The zero-order valence-electron chi connectivity index (χ0n) is 9.69. The number of aromatic nitrogens is 1. The Balaban J connectivity index is 2.04. The minimum absolute atomic E-state index is 0.477. The van der Waals surface area contributed by atoms with Crippen LogP contribution in [0.2, 0.25) is 10.0 Å². The Morgan fingerprint density at radius 1 is 1.32 bits per heavy atom. The van der Waals surface area contributed by atoms with E-state index in [1.54, 1.807) is 18.2 Å². The van der Waals surface area contributed by atoms with Gasteiger partial charge in [-0.05, 0) is 31.0 Å². The molecule has 0 saturated carbocycles. The lowest BCUT2D eigenvalue weighted by molar-refractivity contribution is -0.138. The van der Waals surface area contributed by atoms with Gasteiger partial charge in [0.1, 0.15) is 10.9 Å². The first-order valence-electron chi connectivity index (χ1n) is 5.73. The number of nitrogens with zero attached hydrogens (tertiary/aromatic N) is 1. The molecule has 0 aliphatic heterocycles. The zero-order valence-corrected chi connectivity index (χ0v) is 12.0. The van der Waals surface area contributed by atoms with E-state index in [1.807, 2.05) is 0 Å². The van der Waals surface area contributed by atoms with Crippen LogP contribution in [0.3, 0.4) is 0 Å². The van der Waals surface area contributed by atoms with Crippen LogP contribution < -0.4 is 0 Å². The maximum Gasteiger partial charge on any atom is 0.312 e. The molecule has 0 amide bonds. The van der Waals surface area contributed by atoms with Gasteiger partial charge in [-0.15, -0.1) is 11.3 Å². The summed E-state index contributed by atoms with van der Waals surface area (Å²) in [4.78, 5) is 16.7. The zero-order chi connectivity index (χ0) is 13.6. The Labute approximate surface area is 123 Å². The van der Waals surface area contributed by atoms with Crippen LogP contribution in [0.15, 0.2) is 18.2 Å². The number of halogens is 2. The van der Waals surface area contributed by atoms with Crippen LogP contribution in [0.1, 0.15) is 22.9 Å². The average molecular weight is 314 g/mol. The maximum atomic E-state index is 11.1. The summed E-state index contributed by atoms with van der Waals surface area (Å²) in [7, 11) is 0. The Bertz CT molecular complexity index is 648. The molecule has 2 aromatic rings. The van der Waals surface area contributed by atoms with Gasteiger partial charge >= 0.3 is 5.97 Å². The predicted octanol–water partition coefficient (Wildman–Crippen LogP) is 4.23. The molecule has 1 N–H and O–H groups in total. The van der Waals surface area contributed by atoms with Crippen LogP contribution in [-0.4, -0.2) is 16.1 Å². The number of carboxylic acid groups (broad SMARTS) is 1. The number of benzene rings is 1. The van der Waals surface area contributed by atoms with E-state index in [4.69, 9.17) is 28.3 Å². The smallest absolute Gasteiger partial charge is 0.312 e. The van der Waals surface area contributed by atoms with E-state index in [0.29, 0.717) is 22.2 Å². The van der Waals surface area contributed by atoms with Crippen LogP contribution in [0.5, 0.6) is 0 Å². The van der Waals surface area contributed by atoms with E-state index in [-0.39, 0.29) is 0 Å². The predicted molar refractivity (Wildman–Crippen MR) is 76.3 cm³/mol. The van der Waals surface area contributed by atoms with E-state index in [1.165, 1.54) is 11.3 Å². The first-order chi connectivity index (χ1) is 9.04. The number of aryl methyl sites for hydroxylation is 1. The summed E-state index contributed by atoms with van der Waals surface area (Å²) >= 11 is 13.5. The molecule has 0 spiro atoms. The number of rotatable bonds is 2. The Hall–Kier alpha value is -1.10. The van der Waals surface area contributed by atoms with Crippen molar-refractivity contribution in [2.45, 2.75) is 18.8 Å². The van der Waals surface area contributed by atoms with Crippen LogP contribution in [0, 0.1) is 0 Å².